The SMILES string of the molecule is Cl.NS(=O)(=O)N1CCN(C(=O)c2cc3c(s2)C2(CCNCC2)OCC3)CC1. The van der Waals surface area contributed by atoms with Crippen molar-refractivity contribution >= 4 is 39.9 Å². The lowest BCUT2D eigenvalue weighted by molar-refractivity contribution is -0.0771. The number of nitrogens with two attached hydrogens (primary N) is 1. The van der Waals surface area contributed by atoms with Crippen molar-refractivity contribution in [2.45, 2.75) is 24.9 Å². The Morgan fingerprint density at radius 2 is 1.89 bits per heavy atom. The highest BCUT2D eigenvalue weighted by molar-refractivity contribution is 7.86. The summed E-state index contributed by atoms with van der Waals surface area (Å²) in [6.45, 7) is 3.77. The first kappa shape index (κ1) is 21.0. The van der Waals surface area contributed by atoms with Gasteiger partial charge in [-0.1, -0.05) is 0 Å². The van der Waals surface area contributed by atoms with Crippen molar-refractivity contribution in [3.63, 3.8) is 0 Å². The van der Waals surface area contributed by atoms with Crippen LogP contribution in [0.15, 0.2) is 6.07 Å². The first-order chi connectivity index (χ1) is 12.4. The van der Waals surface area contributed by atoms with Gasteiger partial charge in [0.1, 0.15) is 5.60 Å². The first-order valence-electron chi connectivity index (χ1n) is 8.94. The van der Waals surface area contributed by atoms with Crippen molar-refractivity contribution in [1.29, 1.82) is 0 Å². The summed E-state index contributed by atoms with van der Waals surface area (Å²) in [6.07, 6.45) is 2.70. The van der Waals surface area contributed by atoms with Crippen LogP contribution in [-0.2, 0) is 27.0 Å². The molecule has 3 aliphatic heterocycles. The summed E-state index contributed by atoms with van der Waals surface area (Å²) in [5, 5.41) is 8.54. The van der Waals surface area contributed by atoms with Crippen LogP contribution in [0.2, 0.25) is 0 Å². The summed E-state index contributed by atoms with van der Waals surface area (Å²) in [5.41, 5.74) is 0.989. The minimum absolute atomic E-state index is 0. The van der Waals surface area contributed by atoms with Crippen LogP contribution < -0.4 is 10.5 Å². The number of hydrogen-bond acceptors (Lipinski definition) is 6. The number of thiophene rings is 1. The minimum atomic E-state index is -3.69. The zero-order valence-corrected chi connectivity index (χ0v) is 17.4. The Labute approximate surface area is 169 Å². The fourth-order valence-corrected chi connectivity index (χ4v) is 6.08. The Morgan fingerprint density at radius 1 is 1.22 bits per heavy atom. The van der Waals surface area contributed by atoms with Crippen LogP contribution in [0.5, 0.6) is 0 Å². The molecule has 0 unspecified atom stereocenters. The lowest BCUT2D eigenvalue weighted by atomic mass is 9.86. The smallest absolute Gasteiger partial charge is 0.277 e. The van der Waals surface area contributed by atoms with Crippen molar-refractivity contribution in [2.24, 2.45) is 5.14 Å². The first-order valence-corrected chi connectivity index (χ1v) is 11.3. The Morgan fingerprint density at radius 3 is 2.52 bits per heavy atom. The number of amides is 1. The van der Waals surface area contributed by atoms with Gasteiger partial charge in [0.25, 0.3) is 16.1 Å². The van der Waals surface area contributed by atoms with E-state index in [2.05, 4.69) is 5.32 Å². The Bertz CT molecular complexity index is 799. The summed E-state index contributed by atoms with van der Waals surface area (Å²) in [5.74, 6) is -0.0254. The van der Waals surface area contributed by atoms with E-state index >= 15 is 0 Å². The van der Waals surface area contributed by atoms with Crippen LogP contribution in [0, 0.1) is 0 Å². The molecule has 1 aromatic rings. The quantitative estimate of drug-likeness (QED) is 0.693. The number of ether oxygens (including phenoxy) is 1. The van der Waals surface area contributed by atoms with E-state index in [0.717, 1.165) is 37.2 Å². The summed E-state index contributed by atoms with van der Waals surface area (Å²) >= 11 is 1.55. The summed E-state index contributed by atoms with van der Waals surface area (Å²) in [6, 6.07) is 2.01. The third-order valence-electron chi connectivity index (χ3n) is 5.48. The van der Waals surface area contributed by atoms with Gasteiger partial charge in [0, 0.05) is 31.1 Å². The van der Waals surface area contributed by atoms with Crippen LogP contribution in [0.25, 0.3) is 0 Å². The summed E-state index contributed by atoms with van der Waals surface area (Å²) < 4.78 is 30.2. The van der Waals surface area contributed by atoms with E-state index in [1.807, 2.05) is 6.07 Å². The molecule has 4 heterocycles. The van der Waals surface area contributed by atoms with Gasteiger partial charge in [0.15, 0.2) is 0 Å². The second-order valence-electron chi connectivity index (χ2n) is 7.04. The number of rotatable bonds is 2. The number of nitrogens with zero attached hydrogens (tertiary/aromatic N) is 2. The third kappa shape index (κ3) is 4.02. The predicted molar refractivity (Wildman–Crippen MR) is 106 cm³/mol. The van der Waals surface area contributed by atoms with E-state index in [1.165, 1.54) is 14.7 Å². The molecule has 3 aliphatic rings. The average Bonchev–Trinajstić information content (AvgIpc) is 3.07. The van der Waals surface area contributed by atoms with Crippen molar-refractivity contribution in [3.05, 3.63) is 21.4 Å². The summed E-state index contributed by atoms with van der Waals surface area (Å²) in [7, 11) is -3.69. The maximum atomic E-state index is 12.9. The van der Waals surface area contributed by atoms with E-state index in [1.54, 1.807) is 16.2 Å². The molecule has 3 N–H and O–H groups in total. The molecule has 2 saturated heterocycles. The maximum absolute atomic E-state index is 12.9. The standard InChI is InChI=1S/C16H24N4O4S2.ClH/c17-26(22,23)20-8-6-19(7-9-20)15(21)13-11-12-1-10-24-16(14(12)25-13)2-4-18-5-3-16;/h11,18H,1-10H2,(H2,17,22,23);1H. The molecule has 0 saturated carbocycles. The van der Waals surface area contributed by atoms with E-state index in [-0.39, 0.29) is 37.0 Å². The monoisotopic (exact) mass is 436 g/mol. The topological polar surface area (TPSA) is 105 Å². The van der Waals surface area contributed by atoms with Crippen LogP contribution in [0.3, 0.4) is 0 Å². The molecule has 1 spiro atoms. The number of piperazine rings is 1. The van der Waals surface area contributed by atoms with Gasteiger partial charge in [-0.05, 0) is 44.0 Å². The van der Waals surface area contributed by atoms with Gasteiger partial charge in [0.2, 0.25) is 0 Å². The summed E-state index contributed by atoms with van der Waals surface area (Å²) in [4.78, 5) is 16.6. The van der Waals surface area contributed by atoms with E-state index in [0.29, 0.717) is 19.7 Å². The fraction of sp³-hybridized carbons (Fsp3) is 0.688. The Hall–Kier alpha value is -0.750. The number of carbonyl (C=O) groups is 1. The van der Waals surface area contributed by atoms with Crippen molar-refractivity contribution in [2.75, 3.05) is 45.9 Å². The highest BCUT2D eigenvalue weighted by Gasteiger charge is 2.41. The van der Waals surface area contributed by atoms with Gasteiger partial charge in [0.05, 0.1) is 11.5 Å². The van der Waals surface area contributed by atoms with Gasteiger partial charge in [-0.3, -0.25) is 4.79 Å². The van der Waals surface area contributed by atoms with Crippen LogP contribution in [0.4, 0.5) is 0 Å². The molecule has 0 aliphatic carbocycles. The Balaban J connectivity index is 0.00000210. The fourth-order valence-electron chi connectivity index (χ4n) is 4.03. The van der Waals surface area contributed by atoms with Gasteiger partial charge >= 0.3 is 0 Å². The number of carbonyl (C=O) groups excluding carboxylic acids is 1. The molecule has 4 rings (SSSR count). The zero-order chi connectivity index (χ0) is 18.4. The van der Waals surface area contributed by atoms with E-state index in [9.17, 15) is 13.2 Å². The lowest BCUT2D eigenvalue weighted by Crippen LogP contribution is -2.52. The van der Waals surface area contributed by atoms with Crippen molar-refractivity contribution in [1.82, 2.24) is 14.5 Å². The number of halogens is 1. The molecule has 0 radical (unpaired) electrons. The highest BCUT2D eigenvalue weighted by Crippen LogP contribution is 2.44. The van der Waals surface area contributed by atoms with Crippen LogP contribution in [0.1, 0.15) is 33.0 Å². The number of nitrogens with one attached hydrogen (secondary N) is 1. The number of fused-ring (bicyclic) bond motifs is 2. The molecule has 152 valence electrons. The van der Waals surface area contributed by atoms with Crippen molar-refractivity contribution < 1.29 is 17.9 Å². The second-order valence-corrected chi connectivity index (χ2v) is 9.64. The second kappa shape index (κ2) is 7.94. The largest absolute Gasteiger partial charge is 0.369 e. The zero-order valence-electron chi connectivity index (χ0n) is 15.0. The minimum Gasteiger partial charge on any atom is -0.369 e. The van der Waals surface area contributed by atoms with Crippen molar-refractivity contribution in [3.8, 4) is 0 Å². The normalized spacial score (nSPS) is 22.9. The van der Waals surface area contributed by atoms with Gasteiger partial charge in [-0.15, -0.1) is 23.7 Å². The maximum Gasteiger partial charge on any atom is 0.277 e. The number of piperidine rings is 1. The van der Waals surface area contributed by atoms with E-state index < -0.39 is 10.2 Å². The highest BCUT2D eigenvalue weighted by atomic mass is 35.5. The molecule has 2 fully saturated rings. The average molecular weight is 437 g/mol. The molecule has 0 atom stereocenters. The molecule has 27 heavy (non-hydrogen) atoms. The predicted octanol–water partition coefficient (Wildman–Crippen LogP) is 0.283. The van der Waals surface area contributed by atoms with Crippen LogP contribution >= 0.6 is 23.7 Å². The Kier molecular flexibility index (Phi) is 6.17. The molecular weight excluding hydrogens is 412 g/mol. The molecule has 1 amide bonds. The van der Waals surface area contributed by atoms with Crippen LogP contribution in [-0.4, -0.2) is 69.4 Å². The molecule has 1 aromatic heterocycles. The third-order valence-corrected chi connectivity index (χ3v) is 7.92. The van der Waals surface area contributed by atoms with Gasteiger partial charge < -0.3 is 15.0 Å². The molecule has 8 nitrogen and oxygen atoms in total. The van der Waals surface area contributed by atoms with Gasteiger partial charge in [-0.25, -0.2) is 5.14 Å². The molecular formula is C16H25ClN4O4S2. The van der Waals surface area contributed by atoms with Gasteiger partial charge in [-0.2, -0.15) is 12.7 Å². The molecule has 11 heteroatoms. The lowest BCUT2D eigenvalue weighted by Gasteiger charge is -2.40. The van der Waals surface area contributed by atoms with E-state index in [4.69, 9.17) is 9.88 Å². The number of hydrogen-bond donors (Lipinski definition) is 2. The molecule has 0 bridgehead atoms. The molecule has 0 aromatic carbocycles.